The van der Waals surface area contributed by atoms with Gasteiger partial charge in [0.25, 0.3) is 0 Å². The topological polar surface area (TPSA) is 82.5 Å². The zero-order valence-electron chi connectivity index (χ0n) is 9.73. The minimum atomic E-state index is -1.52. The minimum Gasteiger partial charge on any atom is -0.390 e. The molecular weight excluding hydrogens is 246 g/mol. The molecule has 5 nitrogen and oxygen atoms in total. The van der Waals surface area contributed by atoms with Crippen LogP contribution in [0.5, 0.6) is 0 Å². The van der Waals surface area contributed by atoms with Crippen molar-refractivity contribution in [1.82, 2.24) is 10.3 Å². The zero-order chi connectivity index (χ0) is 13.7. The van der Waals surface area contributed by atoms with Crippen molar-refractivity contribution in [2.75, 3.05) is 6.54 Å². The van der Waals surface area contributed by atoms with E-state index in [-0.39, 0.29) is 24.4 Å². The number of hydrogen-bond acceptors (Lipinski definition) is 4. The third-order valence-electron chi connectivity index (χ3n) is 2.34. The second kappa shape index (κ2) is 6.36. The summed E-state index contributed by atoms with van der Waals surface area (Å²) >= 11 is 0. The van der Waals surface area contributed by atoms with Gasteiger partial charge in [-0.2, -0.15) is 13.8 Å². The molecule has 0 aromatic carbocycles. The molecule has 0 saturated heterocycles. The van der Waals surface area contributed by atoms with Crippen molar-refractivity contribution in [2.24, 2.45) is 0 Å². The van der Waals surface area contributed by atoms with Crippen molar-refractivity contribution in [3.05, 3.63) is 29.6 Å². The Kier molecular flexibility index (Phi) is 5.11. The molecule has 1 amide bonds. The molecule has 1 aromatic rings. The number of amides is 1. The highest BCUT2D eigenvalue weighted by molar-refractivity contribution is 5.72. The number of carbonyl (C=O) groups is 1. The van der Waals surface area contributed by atoms with Crippen LogP contribution >= 0.6 is 0 Å². The van der Waals surface area contributed by atoms with Crippen LogP contribution in [0.1, 0.15) is 25.0 Å². The molecule has 0 spiro atoms. The Hall–Kier alpha value is -1.60. The highest BCUT2D eigenvalue weighted by atomic mass is 19.1. The van der Waals surface area contributed by atoms with Crippen molar-refractivity contribution >= 4 is 5.91 Å². The van der Waals surface area contributed by atoms with Gasteiger partial charge in [0.05, 0.1) is 6.10 Å². The Morgan fingerprint density at radius 1 is 1.44 bits per heavy atom. The maximum Gasteiger partial charge on any atom is 0.221 e. The molecule has 1 aromatic heterocycles. The van der Waals surface area contributed by atoms with Gasteiger partial charge >= 0.3 is 0 Å². The Labute approximate surface area is 102 Å². The maximum absolute atomic E-state index is 13.2. The number of nitrogens with one attached hydrogen (secondary N) is 1. The lowest BCUT2D eigenvalue weighted by Gasteiger charge is -2.18. The first-order valence-corrected chi connectivity index (χ1v) is 5.34. The smallest absolute Gasteiger partial charge is 0.221 e. The lowest BCUT2D eigenvalue weighted by Crippen LogP contribution is -2.28. The molecule has 1 heterocycles. The maximum atomic E-state index is 13.2. The first-order chi connectivity index (χ1) is 8.41. The molecule has 0 fully saturated rings. The number of aliphatic hydroxyl groups excluding tert-OH is 2. The highest BCUT2D eigenvalue weighted by Gasteiger charge is 2.22. The fraction of sp³-hybridized carbons (Fsp3) is 0.455. The van der Waals surface area contributed by atoms with E-state index in [1.807, 2.05) is 0 Å². The number of aromatic nitrogens is 1. The van der Waals surface area contributed by atoms with E-state index in [1.165, 1.54) is 6.92 Å². The second-order valence-electron chi connectivity index (χ2n) is 3.80. The van der Waals surface area contributed by atoms with Crippen LogP contribution < -0.4 is 5.32 Å². The highest BCUT2D eigenvalue weighted by Crippen LogP contribution is 2.20. The molecule has 2 atom stereocenters. The largest absolute Gasteiger partial charge is 0.390 e. The van der Waals surface area contributed by atoms with E-state index < -0.39 is 24.1 Å². The van der Waals surface area contributed by atoms with E-state index in [2.05, 4.69) is 10.3 Å². The Morgan fingerprint density at radius 2 is 2.11 bits per heavy atom. The number of rotatable bonds is 5. The molecule has 0 aliphatic heterocycles. The van der Waals surface area contributed by atoms with Gasteiger partial charge in [-0.05, 0) is 18.6 Å². The first kappa shape index (κ1) is 14.5. The standard InChI is InChI=1S/C11H14F2N2O3/c1-6(16)14-5-4-8(17)10(18)7-2-3-9(12)15-11(7)13/h2-3,8,10,17-18H,4-5H2,1H3,(H,14,16). The molecule has 18 heavy (non-hydrogen) atoms. The number of pyridine rings is 1. The van der Waals surface area contributed by atoms with E-state index in [1.54, 1.807) is 0 Å². The molecule has 7 heteroatoms. The third-order valence-corrected chi connectivity index (χ3v) is 2.34. The number of hydrogen-bond donors (Lipinski definition) is 3. The van der Waals surface area contributed by atoms with Gasteiger partial charge in [0, 0.05) is 19.0 Å². The number of carbonyl (C=O) groups excluding carboxylic acids is 1. The summed E-state index contributed by atoms with van der Waals surface area (Å²) in [5, 5.41) is 21.7. The van der Waals surface area contributed by atoms with E-state index >= 15 is 0 Å². The average Bonchev–Trinajstić information content (AvgIpc) is 2.27. The summed E-state index contributed by atoms with van der Waals surface area (Å²) in [7, 11) is 0. The molecular formula is C11H14F2N2O3. The number of nitrogens with zero attached hydrogens (tertiary/aromatic N) is 1. The van der Waals surface area contributed by atoms with Gasteiger partial charge in [0.2, 0.25) is 17.8 Å². The van der Waals surface area contributed by atoms with E-state index in [9.17, 15) is 23.8 Å². The molecule has 0 aliphatic carbocycles. The molecule has 2 unspecified atom stereocenters. The molecule has 0 bridgehead atoms. The van der Waals surface area contributed by atoms with Crippen LogP contribution in [0.4, 0.5) is 8.78 Å². The Morgan fingerprint density at radius 3 is 2.67 bits per heavy atom. The van der Waals surface area contributed by atoms with Crippen molar-refractivity contribution in [2.45, 2.75) is 25.6 Å². The average molecular weight is 260 g/mol. The van der Waals surface area contributed by atoms with Crippen molar-refractivity contribution in [3.63, 3.8) is 0 Å². The van der Waals surface area contributed by atoms with Crippen molar-refractivity contribution in [3.8, 4) is 0 Å². The summed E-state index contributed by atoms with van der Waals surface area (Å²) < 4.78 is 25.8. The van der Waals surface area contributed by atoms with Crippen molar-refractivity contribution < 1.29 is 23.8 Å². The lowest BCUT2D eigenvalue weighted by atomic mass is 10.0. The normalized spacial score (nSPS) is 14.1. The molecule has 3 N–H and O–H groups in total. The quantitative estimate of drug-likeness (QED) is 0.664. The van der Waals surface area contributed by atoms with Gasteiger partial charge in [-0.15, -0.1) is 0 Å². The molecule has 0 saturated carbocycles. The second-order valence-corrected chi connectivity index (χ2v) is 3.80. The van der Waals surface area contributed by atoms with Crippen LogP contribution in [-0.2, 0) is 4.79 Å². The summed E-state index contributed by atoms with van der Waals surface area (Å²) in [5.74, 6) is -2.44. The van der Waals surface area contributed by atoms with Gasteiger partial charge in [0.15, 0.2) is 0 Å². The van der Waals surface area contributed by atoms with Crippen LogP contribution in [0.3, 0.4) is 0 Å². The Bertz CT molecular complexity index is 429. The van der Waals surface area contributed by atoms with Crippen LogP contribution in [0.25, 0.3) is 0 Å². The summed E-state index contributed by atoms with van der Waals surface area (Å²) in [6.45, 7) is 1.45. The van der Waals surface area contributed by atoms with E-state index in [0.717, 1.165) is 12.1 Å². The van der Waals surface area contributed by atoms with Crippen LogP contribution in [0.15, 0.2) is 12.1 Å². The molecule has 0 aliphatic rings. The summed E-state index contributed by atoms with van der Waals surface area (Å²) in [4.78, 5) is 13.5. The molecule has 100 valence electrons. The van der Waals surface area contributed by atoms with Crippen LogP contribution in [0, 0.1) is 11.9 Å². The monoisotopic (exact) mass is 260 g/mol. The summed E-state index contributed by atoms with van der Waals surface area (Å²) in [6, 6.07) is 1.91. The van der Waals surface area contributed by atoms with Crippen molar-refractivity contribution in [1.29, 1.82) is 0 Å². The lowest BCUT2D eigenvalue weighted by molar-refractivity contribution is -0.119. The summed E-state index contributed by atoms with van der Waals surface area (Å²) in [5.41, 5.74) is -0.285. The van der Waals surface area contributed by atoms with Gasteiger partial charge in [-0.3, -0.25) is 4.79 Å². The van der Waals surface area contributed by atoms with Gasteiger partial charge in [-0.1, -0.05) is 0 Å². The van der Waals surface area contributed by atoms with E-state index in [4.69, 9.17) is 0 Å². The zero-order valence-corrected chi connectivity index (χ0v) is 9.73. The van der Waals surface area contributed by atoms with Crippen LogP contribution in [0.2, 0.25) is 0 Å². The number of halogens is 2. The minimum absolute atomic E-state index is 0.0392. The van der Waals surface area contributed by atoms with Gasteiger partial charge in [-0.25, -0.2) is 0 Å². The first-order valence-electron chi connectivity index (χ1n) is 5.34. The SMILES string of the molecule is CC(=O)NCCC(O)C(O)c1ccc(F)nc1F. The fourth-order valence-electron chi connectivity index (χ4n) is 1.40. The summed E-state index contributed by atoms with van der Waals surface area (Å²) in [6.07, 6.45) is -2.76. The third kappa shape index (κ3) is 4.01. The number of aliphatic hydroxyl groups is 2. The molecule has 0 radical (unpaired) electrons. The van der Waals surface area contributed by atoms with E-state index in [0.29, 0.717) is 0 Å². The Balaban J connectivity index is 2.62. The predicted octanol–water partition coefficient (Wildman–Crippen LogP) is 0.280. The van der Waals surface area contributed by atoms with Gasteiger partial charge < -0.3 is 15.5 Å². The predicted molar refractivity (Wildman–Crippen MR) is 58.4 cm³/mol. The molecule has 1 rings (SSSR count). The fourth-order valence-corrected chi connectivity index (χ4v) is 1.40. The van der Waals surface area contributed by atoms with Gasteiger partial charge in [0.1, 0.15) is 6.10 Å². The van der Waals surface area contributed by atoms with Crippen LogP contribution in [-0.4, -0.2) is 33.8 Å².